The molecule has 1 aliphatic rings. The Balaban J connectivity index is 2.24. The minimum absolute atomic E-state index is 0.420. The third-order valence-electron chi connectivity index (χ3n) is 2.58. The van der Waals surface area contributed by atoms with Gasteiger partial charge in [-0.15, -0.1) is 12.3 Å². The number of carbonyl (C=O) groups excluding carboxylic acids is 2. The van der Waals surface area contributed by atoms with Gasteiger partial charge in [-0.25, -0.2) is 0 Å². The summed E-state index contributed by atoms with van der Waals surface area (Å²) in [4.78, 5) is 24.8. The van der Waals surface area contributed by atoms with Gasteiger partial charge in [-0.3, -0.25) is 9.59 Å². The number of carbonyl (C=O) groups is 2. The van der Waals surface area contributed by atoms with Crippen molar-refractivity contribution in [2.75, 3.05) is 11.4 Å². The van der Waals surface area contributed by atoms with Crippen LogP contribution in [-0.2, 0) is 4.79 Å². The summed E-state index contributed by atoms with van der Waals surface area (Å²) in [5, 5.41) is 0. The first-order valence-corrected chi connectivity index (χ1v) is 5.14. The zero-order chi connectivity index (χ0) is 11.5. The predicted molar refractivity (Wildman–Crippen MR) is 61.2 cm³/mol. The molecule has 0 N–H and O–H groups in total. The van der Waals surface area contributed by atoms with Gasteiger partial charge in [0.15, 0.2) is 0 Å². The minimum atomic E-state index is -0.446. The Bertz CT molecular complexity index is 485. The maximum atomic E-state index is 11.7. The summed E-state index contributed by atoms with van der Waals surface area (Å²) in [5.74, 6) is 1.65. The Kier molecular flexibility index (Phi) is 2.74. The van der Waals surface area contributed by atoms with Gasteiger partial charge in [0, 0.05) is 13.0 Å². The molecule has 2 rings (SSSR count). The first-order valence-electron chi connectivity index (χ1n) is 5.14. The Hall–Kier alpha value is -2.08. The van der Waals surface area contributed by atoms with Crippen molar-refractivity contribution in [3.63, 3.8) is 0 Å². The van der Waals surface area contributed by atoms with Crippen molar-refractivity contribution >= 4 is 17.4 Å². The van der Waals surface area contributed by atoms with E-state index >= 15 is 0 Å². The summed E-state index contributed by atoms with van der Waals surface area (Å²) in [6, 6.07) is 7.04. The highest BCUT2D eigenvalue weighted by molar-refractivity contribution is 6.52. The largest absolute Gasteiger partial charge is 0.305 e. The van der Waals surface area contributed by atoms with Crippen molar-refractivity contribution in [3.05, 3.63) is 29.8 Å². The van der Waals surface area contributed by atoms with Crippen LogP contribution >= 0.6 is 0 Å². The Morgan fingerprint density at radius 2 is 2.00 bits per heavy atom. The number of terminal acetylenes is 1. The lowest BCUT2D eigenvalue weighted by atomic mass is 10.1. The molecule has 0 saturated heterocycles. The van der Waals surface area contributed by atoms with E-state index in [-0.39, 0.29) is 0 Å². The number of amides is 1. The highest BCUT2D eigenvalue weighted by Gasteiger charge is 2.34. The van der Waals surface area contributed by atoms with Crippen molar-refractivity contribution in [2.24, 2.45) is 0 Å². The number of benzene rings is 1. The van der Waals surface area contributed by atoms with Crippen molar-refractivity contribution in [2.45, 2.75) is 12.8 Å². The number of unbranched alkanes of at least 4 members (excludes halogenated alkanes) is 1. The van der Waals surface area contributed by atoms with Crippen LogP contribution in [0.1, 0.15) is 23.2 Å². The van der Waals surface area contributed by atoms with Gasteiger partial charge >= 0.3 is 0 Å². The molecule has 0 unspecified atom stereocenters. The molecule has 1 aromatic carbocycles. The number of hydrogen-bond donors (Lipinski definition) is 0. The molecule has 0 radical (unpaired) electrons. The third kappa shape index (κ3) is 1.59. The molecule has 1 heterocycles. The highest BCUT2D eigenvalue weighted by atomic mass is 16.2. The van der Waals surface area contributed by atoms with Crippen LogP contribution in [0.25, 0.3) is 0 Å². The topological polar surface area (TPSA) is 37.4 Å². The Morgan fingerprint density at radius 1 is 1.25 bits per heavy atom. The van der Waals surface area contributed by atoms with E-state index in [0.717, 1.165) is 0 Å². The smallest absolute Gasteiger partial charge is 0.299 e. The van der Waals surface area contributed by atoms with E-state index in [2.05, 4.69) is 5.92 Å². The van der Waals surface area contributed by atoms with Gasteiger partial charge < -0.3 is 4.90 Å². The van der Waals surface area contributed by atoms with E-state index in [0.29, 0.717) is 30.6 Å². The maximum Gasteiger partial charge on any atom is 0.299 e. The molecule has 0 aliphatic carbocycles. The molecule has 80 valence electrons. The van der Waals surface area contributed by atoms with Crippen molar-refractivity contribution < 1.29 is 9.59 Å². The summed E-state index contributed by atoms with van der Waals surface area (Å²) in [6.07, 6.45) is 6.47. The number of rotatable bonds is 3. The van der Waals surface area contributed by atoms with Crippen molar-refractivity contribution in [3.8, 4) is 12.3 Å². The van der Waals surface area contributed by atoms with Crippen LogP contribution < -0.4 is 4.90 Å². The fraction of sp³-hybridized carbons (Fsp3) is 0.231. The first kappa shape index (κ1) is 10.4. The van der Waals surface area contributed by atoms with Crippen LogP contribution in [0.3, 0.4) is 0 Å². The second-order valence-corrected chi connectivity index (χ2v) is 3.61. The lowest BCUT2D eigenvalue weighted by Crippen LogP contribution is -2.30. The first-order chi connectivity index (χ1) is 7.75. The monoisotopic (exact) mass is 213 g/mol. The molecule has 1 aromatic rings. The summed E-state index contributed by atoms with van der Waals surface area (Å²) in [6.45, 7) is 0.506. The summed E-state index contributed by atoms with van der Waals surface area (Å²) in [7, 11) is 0. The second-order valence-electron chi connectivity index (χ2n) is 3.61. The molecule has 3 nitrogen and oxygen atoms in total. The van der Waals surface area contributed by atoms with Gasteiger partial charge in [-0.1, -0.05) is 12.1 Å². The molecule has 16 heavy (non-hydrogen) atoms. The van der Waals surface area contributed by atoms with E-state index in [1.807, 2.05) is 6.07 Å². The van der Waals surface area contributed by atoms with E-state index in [9.17, 15) is 9.59 Å². The Labute approximate surface area is 94.1 Å². The number of ketones is 1. The van der Waals surface area contributed by atoms with Crippen LogP contribution in [-0.4, -0.2) is 18.2 Å². The van der Waals surface area contributed by atoms with E-state index in [1.165, 1.54) is 4.90 Å². The average Bonchev–Trinajstić information content (AvgIpc) is 2.55. The third-order valence-corrected chi connectivity index (χ3v) is 2.58. The van der Waals surface area contributed by atoms with E-state index in [4.69, 9.17) is 6.42 Å². The van der Waals surface area contributed by atoms with Gasteiger partial charge in [0.2, 0.25) is 0 Å². The standard InChI is InChI=1S/C13H11NO2/c1-2-3-6-9-14-11-8-5-4-7-10(11)12(15)13(14)16/h1,4-5,7-8H,3,6,9H2. The average molecular weight is 213 g/mol. The van der Waals surface area contributed by atoms with Crippen LogP contribution in [0.15, 0.2) is 24.3 Å². The molecular formula is C13H11NO2. The number of nitrogens with zero attached hydrogens (tertiary/aromatic N) is 1. The summed E-state index contributed by atoms with van der Waals surface area (Å²) >= 11 is 0. The number of para-hydroxylation sites is 1. The quantitative estimate of drug-likeness (QED) is 0.435. The number of hydrogen-bond acceptors (Lipinski definition) is 2. The van der Waals surface area contributed by atoms with Gasteiger partial charge in [0.1, 0.15) is 0 Å². The Morgan fingerprint density at radius 3 is 2.75 bits per heavy atom. The lowest BCUT2D eigenvalue weighted by Gasteiger charge is -2.15. The molecule has 0 aromatic heterocycles. The highest BCUT2D eigenvalue weighted by Crippen LogP contribution is 2.28. The molecule has 1 amide bonds. The van der Waals surface area contributed by atoms with Crippen LogP contribution in [0.2, 0.25) is 0 Å². The predicted octanol–water partition coefficient (Wildman–Crippen LogP) is 1.63. The maximum absolute atomic E-state index is 11.7. The van der Waals surface area contributed by atoms with Gasteiger partial charge in [0.05, 0.1) is 11.3 Å². The fourth-order valence-corrected chi connectivity index (χ4v) is 1.81. The van der Waals surface area contributed by atoms with Crippen LogP contribution in [0.5, 0.6) is 0 Å². The SMILES string of the molecule is C#CCCCN1C(=O)C(=O)c2ccccc21. The molecule has 0 atom stereocenters. The van der Waals surface area contributed by atoms with Gasteiger partial charge in [-0.05, 0) is 18.6 Å². The fourth-order valence-electron chi connectivity index (χ4n) is 1.81. The zero-order valence-corrected chi connectivity index (χ0v) is 8.77. The van der Waals surface area contributed by atoms with Gasteiger partial charge in [0.25, 0.3) is 11.7 Å². The molecular weight excluding hydrogens is 202 g/mol. The summed E-state index contributed by atoms with van der Waals surface area (Å²) in [5.41, 5.74) is 1.20. The number of fused-ring (bicyclic) bond motifs is 1. The lowest BCUT2D eigenvalue weighted by molar-refractivity contribution is -0.114. The van der Waals surface area contributed by atoms with Crippen molar-refractivity contribution in [1.82, 2.24) is 0 Å². The summed E-state index contributed by atoms with van der Waals surface area (Å²) < 4.78 is 0. The minimum Gasteiger partial charge on any atom is -0.305 e. The number of Topliss-reactive ketones (excluding diaryl/α,β-unsaturated/α-hetero) is 1. The van der Waals surface area contributed by atoms with Crippen LogP contribution in [0, 0.1) is 12.3 Å². The second kappa shape index (κ2) is 4.19. The van der Waals surface area contributed by atoms with Crippen molar-refractivity contribution in [1.29, 1.82) is 0 Å². The van der Waals surface area contributed by atoms with Crippen LogP contribution in [0.4, 0.5) is 5.69 Å². The normalized spacial score (nSPS) is 13.8. The van der Waals surface area contributed by atoms with E-state index in [1.54, 1.807) is 18.2 Å². The molecule has 0 bridgehead atoms. The van der Waals surface area contributed by atoms with E-state index < -0.39 is 11.7 Å². The molecule has 0 saturated carbocycles. The molecule has 3 heteroatoms. The zero-order valence-electron chi connectivity index (χ0n) is 8.77. The van der Waals surface area contributed by atoms with Gasteiger partial charge in [-0.2, -0.15) is 0 Å². The molecule has 0 spiro atoms. The number of anilines is 1. The molecule has 1 aliphatic heterocycles. The molecule has 0 fully saturated rings.